The molecule has 3 rings (SSSR count). The Kier molecular flexibility index (Phi) is 8.22. The molecule has 0 bridgehead atoms. The predicted octanol–water partition coefficient (Wildman–Crippen LogP) is 9.37. The highest BCUT2D eigenvalue weighted by molar-refractivity contribution is 6.74. The first-order valence-corrected chi connectivity index (χ1v) is 16.3. The number of benzene rings is 1. The maximum atomic E-state index is 13.2. The van der Waals surface area contributed by atoms with E-state index in [1.165, 1.54) is 12.1 Å². The second kappa shape index (κ2) is 10.2. The van der Waals surface area contributed by atoms with Crippen LogP contribution in [0.5, 0.6) is 0 Å². The predicted molar refractivity (Wildman–Crippen MR) is 152 cm³/mol. The number of allylic oxidation sites excluding steroid dienone is 1. The van der Waals surface area contributed by atoms with Gasteiger partial charge in [0.05, 0.1) is 11.7 Å². The Labute approximate surface area is 227 Å². The summed E-state index contributed by atoms with van der Waals surface area (Å²) in [6.45, 7) is 25.9. The molecule has 2 aromatic rings. The standard InChI is InChI=1S/C31H44F3NO2Si/c1-18(2)24-25-22(16-30(8,9)17-23(25)37-38(10,11)29(5,6)7)35-27(19(3)4)26(24)28(36)20-12-14-21(15-13-20)31(32,33)34/h12-15,19,23,28,36H,1,16-17H2,2-11H3/t23-,28?/m1/s1. The van der Waals surface area contributed by atoms with Gasteiger partial charge >= 0.3 is 6.18 Å². The third-order valence-corrected chi connectivity index (χ3v) is 12.6. The Morgan fingerprint density at radius 2 is 1.68 bits per heavy atom. The normalized spacial score (nSPS) is 18.9. The lowest BCUT2D eigenvalue weighted by atomic mass is 9.71. The summed E-state index contributed by atoms with van der Waals surface area (Å²) in [5, 5.41) is 11.7. The molecule has 0 spiro atoms. The molecule has 0 saturated heterocycles. The van der Waals surface area contributed by atoms with Crippen LogP contribution in [0.3, 0.4) is 0 Å². The van der Waals surface area contributed by atoms with E-state index < -0.39 is 26.2 Å². The van der Waals surface area contributed by atoms with Crippen LogP contribution in [0.25, 0.3) is 5.57 Å². The fourth-order valence-electron chi connectivity index (χ4n) is 5.13. The molecule has 3 nitrogen and oxygen atoms in total. The van der Waals surface area contributed by atoms with Gasteiger partial charge in [-0.2, -0.15) is 13.2 Å². The van der Waals surface area contributed by atoms with Crippen LogP contribution in [0.15, 0.2) is 30.8 Å². The van der Waals surface area contributed by atoms with Gasteiger partial charge in [0, 0.05) is 22.5 Å². The van der Waals surface area contributed by atoms with Gasteiger partial charge in [-0.1, -0.05) is 72.8 Å². The quantitative estimate of drug-likeness (QED) is 0.366. The van der Waals surface area contributed by atoms with Crippen LogP contribution in [0, 0.1) is 5.41 Å². The molecule has 0 fully saturated rings. The van der Waals surface area contributed by atoms with Gasteiger partial charge in [0.15, 0.2) is 8.32 Å². The zero-order chi connectivity index (χ0) is 29.0. The van der Waals surface area contributed by atoms with Crippen molar-refractivity contribution in [2.75, 3.05) is 0 Å². The highest BCUT2D eigenvalue weighted by Gasteiger charge is 2.45. The fourth-order valence-corrected chi connectivity index (χ4v) is 6.39. The Morgan fingerprint density at radius 3 is 2.13 bits per heavy atom. The molecule has 1 aromatic carbocycles. The first-order chi connectivity index (χ1) is 17.2. The second-order valence-corrected chi connectivity index (χ2v) is 18.3. The van der Waals surface area contributed by atoms with Crippen molar-refractivity contribution >= 4 is 13.9 Å². The molecule has 0 aliphatic heterocycles. The first-order valence-electron chi connectivity index (χ1n) is 13.4. The van der Waals surface area contributed by atoms with Gasteiger partial charge < -0.3 is 9.53 Å². The number of rotatable bonds is 6. The van der Waals surface area contributed by atoms with Crippen molar-refractivity contribution in [3.05, 3.63) is 70.0 Å². The molecule has 0 saturated carbocycles. The molecule has 1 N–H and O–H groups in total. The summed E-state index contributed by atoms with van der Waals surface area (Å²) in [4.78, 5) is 5.15. The Hall–Kier alpha value is -1.96. The van der Waals surface area contributed by atoms with E-state index in [0.717, 1.165) is 53.1 Å². The van der Waals surface area contributed by atoms with Crippen LogP contribution >= 0.6 is 0 Å². The molecular weight excluding hydrogens is 503 g/mol. The molecule has 38 heavy (non-hydrogen) atoms. The Morgan fingerprint density at radius 1 is 1.13 bits per heavy atom. The van der Waals surface area contributed by atoms with Crippen LogP contribution in [0.1, 0.15) is 119 Å². The average molecular weight is 548 g/mol. The molecule has 2 atom stereocenters. The van der Waals surface area contributed by atoms with E-state index in [2.05, 4.69) is 54.3 Å². The van der Waals surface area contributed by atoms with E-state index >= 15 is 0 Å². The van der Waals surface area contributed by atoms with Gasteiger partial charge in [-0.15, -0.1) is 0 Å². The molecular formula is C31H44F3NO2Si. The van der Waals surface area contributed by atoms with E-state index in [0.29, 0.717) is 11.1 Å². The number of nitrogens with zero attached hydrogens (tertiary/aromatic N) is 1. The molecule has 210 valence electrons. The lowest BCUT2D eigenvalue weighted by Gasteiger charge is -2.45. The second-order valence-electron chi connectivity index (χ2n) is 13.5. The average Bonchev–Trinajstić information content (AvgIpc) is 2.74. The van der Waals surface area contributed by atoms with Crippen LogP contribution in [0.2, 0.25) is 18.1 Å². The molecule has 1 aliphatic carbocycles. The zero-order valence-electron chi connectivity index (χ0n) is 24.6. The molecule has 0 radical (unpaired) electrons. The number of fused-ring (bicyclic) bond motifs is 1. The van der Waals surface area contributed by atoms with Crippen molar-refractivity contribution < 1.29 is 22.7 Å². The van der Waals surface area contributed by atoms with Gasteiger partial charge in [-0.25, -0.2) is 0 Å². The Bertz CT molecular complexity index is 1190. The number of hydrogen-bond donors (Lipinski definition) is 1. The summed E-state index contributed by atoms with van der Waals surface area (Å²) in [7, 11) is -2.18. The Balaban J connectivity index is 2.30. The van der Waals surface area contributed by atoms with Crippen LogP contribution in [-0.4, -0.2) is 18.4 Å². The summed E-state index contributed by atoms with van der Waals surface area (Å²) in [5.41, 5.74) is 4.56. The monoisotopic (exact) mass is 547 g/mol. The van der Waals surface area contributed by atoms with Crippen molar-refractivity contribution in [3.8, 4) is 0 Å². The molecule has 1 unspecified atom stereocenters. The lowest BCUT2D eigenvalue weighted by molar-refractivity contribution is -0.137. The number of aliphatic hydroxyl groups is 1. The van der Waals surface area contributed by atoms with Crippen LogP contribution in [-0.2, 0) is 17.0 Å². The summed E-state index contributed by atoms with van der Waals surface area (Å²) in [6.07, 6.45) is -4.22. The minimum Gasteiger partial charge on any atom is -0.410 e. The highest BCUT2D eigenvalue weighted by Crippen LogP contribution is 2.51. The topological polar surface area (TPSA) is 42.4 Å². The minimum atomic E-state index is -4.44. The van der Waals surface area contributed by atoms with Crippen molar-refractivity contribution in [2.24, 2.45) is 5.41 Å². The third kappa shape index (κ3) is 6.10. The van der Waals surface area contributed by atoms with Crippen molar-refractivity contribution in [2.45, 2.75) is 111 Å². The van der Waals surface area contributed by atoms with Crippen molar-refractivity contribution in [1.29, 1.82) is 0 Å². The number of aliphatic hydroxyl groups excluding tert-OH is 1. The summed E-state index contributed by atoms with van der Waals surface area (Å²) >= 11 is 0. The smallest absolute Gasteiger partial charge is 0.410 e. The summed E-state index contributed by atoms with van der Waals surface area (Å²) < 4.78 is 46.6. The van der Waals surface area contributed by atoms with Crippen LogP contribution in [0.4, 0.5) is 13.2 Å². The fraction of sp³-hybridized carbons (Fsp3) is 0.581. The number of alkyl halides is 3. The number of pyridine rings is 1. The van der Waals surface area contributed by atoms with Crippen molar-refractivity contribution in [3.63, 3.8) is 0 Å². The number of hydrogen-bond acceptors (Lipinski definition) is 3. The summed E-state index contributed by atoms with van der Waals surface area (Å²) in [5.74, 6) is -0.0118. The highest BCUT2D eigenvalue weighted by atomic mass is 28.4. The van der Waals surface area contributed by atoms with Gasteiger partial charge in [0.1, 0.15) is 6.10 Å². The molecule has 7 heteroatoms. The van der Waals surface area contributed by atoms with Gasteiger partial charge in [0.2, 0.25) is 0 Å². The maximum Gasteiger partial charge on any atom is 0.416 e. The molecule has 1 heterocycles. The van der Waals surface area contributed by atoms with E-state index in [4.69, 9.17) is 9.41 Å². The molecule has 1 aliphatic rings. The SMILES string of the molecule is C=C(C)c1c(C(O)c2ccc(C(F)(F)F)cc2)c(C(C)C)nc2c1[C@H](O[Si](C)(C)C(C)(C)C)CC(C)(C)C2. The van der Waals surface area contributed by atoms with E-state index in [-0.39, 0.29) is 22.5 Å². The van der Waals surface area contributed by atoms with E-state index in [9.17, 15) is 18.3 Å². The first kappa shape index (κ1) is 30.6. The number of aromatic nitrogens is 1. The van der Waals surface area contributed by atoms with Gasteiger partial charge in [-0.3, -0.25) is 4.98 Å². The minimum absolute atomic E-state index is 0.00597. The van der Waals surface area contributed by atoms with Crippen molar-refractivity contribution in [1.82, 2.24) is 4.98 Å². The largest absolute Gasteiger partial charge is 0.416 e. The van der Waals surface area contributed by atoms with E-state index in [1.807, 2.05) is 20.8 Å². The van der Waals surface area contributed by atoms with Gasteiger partial charge in [-0.05, 0) is 72.5 Å². The maximum absolute atomic E-state index is 13.2. The zero-order valence-corrected chi connectivity index (χ0v) is 25.6. The van der Waals surface area contributed by atoms with Gasteiger partial charge in [0.25, 0.3) is 0 Å². The number of halogens is 3. The molecule has 1 aromatic heterocycles. The van der Waals surface area contributed by atoms with Crippen LogP contribution < -0.4 is 0 Å². The molecule has 0 amide bonds. The third-order valence-electron chi connectivity index (χ3n) is 8.13. The van der Waals surface area contributed by atoms with E-state index in [1.54, 1.807) is 0 Å². The lowest BCUT2D eigenvalue weighted by Crippen LogP contribution is -2.44. The summed E-state index contributed by atoms with van der Waals surface area (Å²) in [6, 6.07) is 4.75.